The molecule has 0 radical (unpaired) electrons. The SMILES string of the molecule is OC(c1ccccc1)(c1ccccc1)c1noc(C[N+]23CCC(CC2)C(Sc2ccccc2)C3)n1. The quantitative estimate of drug-likeness (QED) is 0.363. The molecule has 2 bridgehead atoms. The predicted octanol–water partition coefficient (Wildman–Crippen LogP) is 5.26. The molecule has 3 aliphatic heterocycles. The summed E-state index contributed by atoms with van der Waals surface area (Å²) in [4.78, 5) is 6.15. The number of thioether (sulfide) groups is 1. The van der Waals surface area contributed by atoms with Crippen molar-refractivity contribution in [3.63, 3.8) is 0 Å². The molecule has 7 rings (SSSR count). The van der Waals surface area contributed by atoms with Gasteiger partial charge in [0.15, 0.2) is 12.1 Å². The van der Waals surface area contributed by atoms with Crippen LogP contribution in [0.5, 0.6) is 0 Å². The van der Waals surface area contributed by atoms with E-state index in [1.807, 2.05) is 72.4 Å². The van der Waals surface area contributed by atoms with Crippen molar-refractivity contribution >= 4 is 11.8 Å². The number of hydrogen-bond acceptors (Lipinski definition) is 5. The summed E-state index contributed by atoms with van der Waals surface area (Å²) in [5.74, 6) is 1.68. The van der Waals surface area contributed by atoms with Gasteiger partial charge < -0.3 is 14.1 Å². The molecular formula is C29H30N3O2S+. The average Bonchev–Trinajstić information content (AvgIpc) is 3.39. The van der Waals surface area contributed by atoms with E-state index in [-0.39, 0.29) is 0 Å². The summed E-state index contributed by atoms with van der Waals surface area (Å²) in [5, 5.41) is 16.9. The molecule has 3 fully saturated rings. The van der Waals surface area contributed by atoms with Gasteiger partial charge in [0, 0.05) is 17.7 Å². The highest BCUT2D eigenvalue weighted by Gasteiger charge is 2.47. The molecule has 1 atom stereocenters. The maximum atomic E-state index is 12.0. The van der Waals surface area contributed by atoms with Gasteiger partial charge in [-0.2, -0.15) is 4.98 Å². The van der Waals surface area contributed by atoms with Crippen molar-refractivity contribution in [1.29, 1.82) is 0 Å². The summed E-state index contributed by atoms with van der Waals surface area (Å²) in [6.07, 6.45) is 2.48. The number of piperidine rings is 3. The Morgan fingerprint density at radius 1 is 0.857 bits per heavy atom. The summed E-state index contributed by atoms with van der Waals surface area (Å²) in [6.45, 7) is 4.13. The second kappa shape index (κ2) is 9.26. The van der Waals surface area contributed by atoms with E-state index in [0.29, 0.717) is 23.5 Å². The van der Waals surface area contributed by atoms with Crippen LogP contribution in [0.3, 0.4) is 0 Å². The van der Waals surface area contributed by atoms with E-state index in [4.69, 9.17) is 9.51 Å². The zero-order valence-corrected chi connectivity index (χ0v) is 20.5. The molecule has 0 amide bonds. The number of fused-ring (bicyclic) bond motifs is 3. The summed E-state index contributed by atoms with van der Waals surface area (Å²) in [6, 6.07) is 29.9. The van der Waals surface area contributed by atoms with Gasteiger partial charge in [0.05, 0.1) is 24.9 Å². The number of benzene rings is 3. The Balaban J connectivity index is 1.27. The lowest BCUT2D eigenvalue weighted by Gasteiger charge is -2.51. The zero-order chi connectivity index (χ0) is 23.7. The number of nitrogens with zero attached hydrogens (tertiary/aromatic N) is 3. The summed E-state index contributed by atoms with van der Waals surface area (Å²) in [5.41, 5.74) is -0.0161. The van der Waals surface area contributed by atoms with Crippen molar-refractivity contribution in [3.05, 3.63) is 114 Å². The van der Waals surface area contributed by atoms with Gasteiger partial charge in [-0.1, -0.05) is 84.0 Å². The third kappa shape index (κ3) is 4.31. The Hall–Kier alpha value is -2.93. The Bertz CT molecular complexity index is 1220. The van der Waals surface area contributed by atoms with Crippen LogP contribution in [0.1, 0.15) is 35.7 Å². The lowest BCUT2D eigenvalue weighted by atomic mass is 9.85. The van der Waals surface area contributed by atoms with Crippen molar-refractivity contribution in [3.8, 4) is 0 Å². The summed E-state index contributed by atoms with van der Waals surface area (Å²) in [7, 11) is 0. The largest absolute Gasteiger partial charge is 0.373 e. The Kier molecular flexibility index (Phi) is 5.96. The molecule has 4 aromatic rings. The standard InChI is InChI=1S/C29H30N3O2S/c33-29(23-10-4-1-5-11-23,24-12-6-2-7-13-24)28-30-27(34-31-28)21-32-18-16-22(17-19-32)26(20-32)35-25-14-8-3-9-15-25/h1-15,22,26,33H,16-21H2/q+1. The van der Waals surface area contributed by atoms with Gasteiger partial charge in [0.1, 0.15) is 0 Å². The van der Waals surface area contributed by atoms with Crippen LogP contribution in [0.2, 0.25) is 0 Å². The monoisotopic (exact) mass is 484 g/mol. The lowest BCUT2D eigenvalue weighted by molar-refractivity contribution is -0.955. The minimum Gasteiger partial charge on any atom is -0.373 e. The number of aromatic nitrogens is 2. The van der Waals surface area contributed by atoms with Crippen LogP contribution in [-0.2, 0) is 12.1 Å². The van der Waals surface area contributed by atoms with Gasteiger partial charge in [-0.3, -0.25) is 0 Å². The van der Waals surface area contributed by atoms with E-state index < -0.39 is 5.60 Å². The highest BCUT2D eigenvalue weighted by atomic mass is 32.2. The first-order valence-corrected chi connectivity index (χ1v) is 13.3. The molecule has 3 saturated heterocycles. The van der Waals surface area contributed by atoms with Crippen molar-refractivity contribution in [2.75, 3.05) is 19.6 Å². The molecule has 1 N–H and O–H groups in total. The molecule has 1 aromatic heterocycles. The average molecular weight is 485 g/mol. The van der Waals surface area contributed by atoms with Crippen LogP contribution in [0, 0.1) is 5.92 Å². The summed E-state index contributed by atoms with van der Waals surface area (Å²) < 4.78 is 6.79. The van der Waals surface area contributed by atoms with Crippen LogP contribution in [0.15, 0.2) is 100 Å². The van der Waals surface area contributed by atoms with Crippen LogP contribution in [-0.4, -0.2) is 44.6 Å². The number of hydrogen-bond donors (Lipinski definition) is 1. The fourth-order valence-corrected chi connectivity index (χ4v) is 7.31. The molecular weight excluding hydrogens is 454 g/mol. The number of rotatable bonds is 7. The van der Waals surface area contributed by atoms with Crippen molar-refractivity contribution in [1.82, 2.24) is 10.1 Å². The molecule has 3 aliphatic rings. The molecule has 35 heavy (non-hydrogen) atoms. The first-order chi connectivity index (χ1) is 17.1. The van der Waals surface area contributed by atoms with Crippen LogP contribution in [0.4, 0.5) is 0 Å². The van der Waals surface area contributed by atoms with E-state index >= 15 is 0 Å². The van der Waals surface area contributed by atoms with E-state index in [9.17, 15) is 5.11 Å². The Morgan fingerprint density at radius 3 is 2.03 bits per heavy atom. The lowest BCUT2D eigenvalue weighted by Crippen LogP contribution is -2.62. The van der Waals surface area contributed by atoms with E-state index in [1.165, 1.54) is 17.7 Å². The second-order valence-corrected chi connectivity index (χ2v) is 11.2. The first kappa shape index (κ1) is 22.5. The van der Waals surface area contributed by atoms with Crippen LogP contribution in [0.25, 0.3) is 0 Å². The third-order valence-electron chi connectivity index (χ3n) is 7.72. The first-order valence-electron chi connectivity index (χ1n) is 12.4. The van der Waals surface area contributed by atoms with Crippen molar-refractivity contribution in [2.45, 2.75) is 35.1 Å². The highest BCUT2D eigenvalue weighted by Crippen LogP contribution is 2.43. The molecule has 0 aliphatic carbocycles. The molecule has 0 saturated carbocycles. The minimum absolute atomic E-state index is 0.296. The number of quaternary nitrogens is 1. The Labute approximate surface area is 210 Å². The predicted molar refractivity (Wildman–Crippen MR) is 137 cm³/mol. The fourth-order valence-electron chi connectivity index (χ4n) is 5.79. The molecule has 0 spiro atoms. The zero-order valence-electron chi connectivity index (χ0n) is 19.7. The van der Waals surface area contributed by atoms with E-state index in [0.717, 1.165) is 41.2 Å². The molecule has 3 aromatic carbocycles. The fraction of sp³-hybridized carbons (Fsp3) is 0.310. The number of aliphatic hydroxyl groups is 1. The normalized spacial score (nSPS) is 23.9. The Morgan fingerprint density at radius 2 is 1.43 bits per heavy atom. The van der Waals surface area contributed by atoms with Crippen LogP contribution >= 0.6 is 11.8 Å². The maximum Gasteiger partial charge on any atom is 0.282 e. The van der Waals surface area contributed by atoms with Crippen molar-refractivity contribution in [2.24, 2.45) is 5.92 Å². The van der Waals surface area contributed by atoms with Gasteiger partial charge in [-0.05, 0) is 29.2 Å². The van der Waals surface area contributed by atoms with Crippen molar-refractivity contribution < 1.29 is 14.1 Å². The van der Waals surface area contributed by atoms with E-state index in [1.54, 1.807) is 0 Å². The second-order valence-electron chi connectivity index (χ2n) is 9.89. The van der Waals surface area contributed by atoms with Gasteiger partial charge in [-0.25, -0.2) is 0 Å². The smallest absolute Gasteiger partial charge is 0.282 e. The molecule has 6 heteroatoms. The van der Waals surface area contributed by atoms with E-state index in [2.05, 4.69) is 35.5 Å². The van der Waals surface area contributed by atoms with Gasteiger partial charge in [-0.15, -0.1) is 11.8 Å². The highest BCUT2D eigenvalue weighted by molar-refractivity contribution is 8.00. The summed E-state index contributed by atoms with van der Waals surface area (Å²) >= 11 is 2.02. The third-order valence-corrected chi connectivity index (χ3v) is 9.10. The minimum atomic E-state index is -1.47. The molecule has 5 nitrogen and oxygen atoms in total. The van der Waals surface area contributed by atoms with Gasteiger partial charge in [0.2, 0.25) is 5.82 Å². The molecule has 178 valence electrons. The maximum absolute atomic E-state index is 12.0. The molecule has 4 heterocycles. The van der Waals surface area contributed by atoms with Gasteiger partial charge in [0.25, 0.3) is 5.89 Å². The van der Waals surface area contributed by atoms with Crippen LogP contribution < -0.4 is 0 Å². The molecule has 1 unspecified atom stereocenters. The topological polar surface area (TPSA) is 59.2 Å². The van der Waals surface area contributed by atoms with Gasteiger partial charge >= 0.3 is 0 Å².